The third kappa shape index (κ3) is 4.71. The number of morpholine rings is 1. The van der Waals surface area contributed by atoms with E-state index >= 15 is 0 Å². The number of halogens is 1. The van der Waals surface area contributed by atoms with Crippen molar-refractivity contribution in [1.82, 2.24) is 0 Å². The zero-order chi connectivity index (χ0) is 19.3. The van der Waals surface area contributed by atoms with E-state index in [1.54, 1.807) is 23.5 Å². The molecule has 5 heteroatoms. The van der Waals surface area contributed by atoms with Crippen LogP contribution in [0.5, 0.6) is 0 Å². The van der Waals surface area contributed by atoms with E-state index in [1.807, 2.05) is 24.3 Å². The van der Waals surface area contributed by atoms with E-state index in [0.717, 1.165) is 44.7 Å². The van der Waals surface area contributed by atoms with Crippen molar-refractivity contribution in [2.45, 2.75) is 0 Å². The maximum Gasteiger partial charge on any atom is 0.182 e. The molecule has 2 heterocycles. The Morgan fingerprint density at radius 3 is 2.14 bits per heavy atom. The highest BCUT2D eigenvalue weighted by Gasteiger charge is 2.13. The summed E-state index contributed by atoms with van der Waals surface area (Å²) >= 11 is 7.58. The van der Waals surface area contributed by atoms with Crippen molar-refractivity contribution < 1.29 is 4.74 Å². The summed E-state index contributed by atoms with van der Waals surface area (Å²) in [7, 11) is 0. The molecule has 1 saturated heterocycles. The fraction of sp³-hybridized carbons (Fsp3) is 0.174. The fourth-order valence-electron chi connectivity index (χ4n) is 3.07. The Morgan fingerprint density at radius 2 is 1.50 bits per heavy atom. The van der Waals surface area contributed by atoms with Gasteiger partial charge in [0.1, 0.15) is 0 Å². The van der Waals surface area contributed by atoms with Crippen LogP contribution in [-0.4, -0.2) is 26.3 Å². The summed E-state index contributed by atoms with van der Waals surface area (Å²) in [6.45, 7) is 3.07. The third-order valence-electron chi connectivity index (χ3n) is 4.61. The molecule has 0 N–H and O–H groups in total. The molecule has 4 rings (SSSR count). The summed E-state index contributed by atoms with van der Waals surface area (Å²) in [5.74, 6) is 0. The summed E-state index contributed by atoms with van der Waals surface area (Å²) < 4.78 is 5.41. The van der Waals surface area contributed by atoms with Gasteiger partial charge in [-0.25, -0.2) is 0 Å². The van der Waals surface area contributed by atoms with Crippen LogP contribution in [0.4, 0.5) is 5.00 Å². The molecule has 1 aromatic heterocycles. The van der Waals surface area contributed by atoms with E-state index in [2.05, 4.69) is 41.3 Å². The van der Waals surface area contributed by atoms with Gasteiger partial charge in [0.05, 0.1) is 18.2 Å². The molecule has 1 aliphatic rings. The van der Waals surface area contributed by atoms with Crippen LogP contribution < -0.4 is 10.3 Å². The Hall–Kier alpha value is -2.40. The number of hydrogen-bond donors (Lipinski definition) is 0. The third-order valence-corrected chi connectivity index (χ3v) is 6.02. The van der Waals surface area contributed by atoms with Crippen molar-refractivity contribution in [3.05, 3.63) is 87.0 Å². The standard InChI is InChI=1S/C23H20ClNO2S/c24-20-9-5-18(6-10-20)2-1-17-3-7-19(8-4-17)22-15-21(26)16-23(28-22)25-11-13-27-14-12-25/h1-10,15-16H,11-14H2/b2-1+. The second kappa shape index (κ2) is 8.74. The minimum Gasteiger partial charge on any atom is -0.378 e. The van der Waals surface area contributed by atoms with Crippen LogP contribution in [-0.2, 0) is 4.74 Å². The summed E-state index contributed by atoms with van der Waals surface area (Å²) in [5.41, 5.74) is 3.31. The second-order valence-corrected chi connectivity index (χ2v) is 8.10. The molecule has 0 spiro atoms. The lowest BCUT2D eigenvalue weighted by Gasteiger charge is -2.28. The molecule has 3 aromatic rings. The number of rotatable bonds is 4. The minimum absolute atomic E-state index is 0.0435. The Kier molecular flexibility index (Phi) is 5.91. The molecular weight excluding hydrogens is 390 g/mol. The van der Waals surface area contributed by atoms with Gasteiger partial charge in [0.25, 0.3) is 0 Å². The lowest BCUT2D eigenvalue weighted by atomic mass is 10.1. The van der Waals surface area contributed by atoms with Crippen molar-refractivity contribution >= 4 is 40.1 Å². The first-order chi connectivity index (χ1) is 13.7. The lowest BCUT2D eigenvalue weighted by Crippen LogP contribution is -2.36. The molecule has 28 heavy (non-hydrogen) atoms. The van der Waals surface area contributed by atoms with E-state index in [9.17, 15) is 4.79 Å². The van der Waals surface area contributed by atoms with Gasteiger partial charge in [-0.15, -0.1) is 11.3 Å². The highest BCUT2D eigenvalue weighted by molar-refractivity contribution is 7.19. The van der Waals surface area contributed by atoms with Gasteiger partial charge >= 0.3 is 0 Å². The van der Waals surface area contributed by atoms with Crippen LogP contribution in [0.2, 0.25) is 5.02 Å². The smallest absolute Gasteiger partial charge is 0.182 e. The van der Waals surface area contributed by atoms with Crippen LogP contribution >= 0.6 is 22.9 Å². The van der Waals surface area contributed by atoms with Crippen LogP contribution in [0.15, 0.2) is 65.5 Å². The number of benzene rings is 2. The topological polar surface area (TPSA) is 29.5 Å². The van der Waals surface area contributed by atoms with E-state index in [-0.39, 0.29) is 5.43 Å². The predicted molar refractivity (Wildman–Crippen MR) is 119 cm³/mol. The van der Waals surface area contributed by atoms with Gasteiger partial charge < -0.3 is 9.64 Å². The molecule has 2 aromatic carbocycles. The van der Waals surface area contributed by atoms with Gasteiger partial charge in [0.15, 0.2) is 5.43 Å². The molecule has 0 aliphatic carbocycles. The minimum atomic E-state index is 0.0435. The monoisotopic (exact) mass is 409 g/mol. The Morgan fingerprint density at radius 1 is 0.893 bits per heavy atom. The first-order valence-electron chi connectivity index (χ1n) is 9.19. The average Bonchev–Trinajstić information content (AvgIpc) is 2.74. The number of ether oxygens (including phenoxy) is 1. The van der Waals surface area contributed by atoms with Crippen molar-refractivity contribution in [2.75, 3.05) is 31.2 Å². The van der Waals surface area contributed by atoms with Crippen LogP contribution in [0.3, 0.4) is 0 Å². The molecule has 0 amide bonds. The van der Waals surface area contributed by atoms with Gasteiger partial charge in [0, 0.05) is 35.1 Å². The van der Waals surface area contributed by atoms with E-state index < -0.39 is 0 Å². The van der Waals surface area contributed by atoms with Crippen molar-refractivity contribution in [1.29, 1.82) is 0 Å². The largest absolute Gasteiger partial charge is 0.378 e. The number of anilines is 1. The van der Waals surface area contributed by atoms with Gasteiger partial charge in [0.2, 0.25) is 0 Å². The zero-order valence-corrected chi connectivity index (χ0v) is 16.9. The Labute approximate surface area is 173 Å². The molecule has 0 atom stereocenters. The molecular formula is C23H20ClNO2S. The van der Waals surface area contributed by atoms with Crippen molar-refractivity contribution in [2.24, 2.45) is 0 Å². The van der Waals surface area contributed by atoms with Gasteiger partial charge in [-0.05, 0) is 28.8 Å². The molecule has 0 unspecified atom stereocenters. The van der Waals surface area contributed by atoms with E-state index in [0.29, 0.717) is 13.2 Å². The van der Waals surface area contributed by atoms with Gasteiger partial charge in [-0.1, -0.05) is 60.2 Å². The van der Waals surface area contributed by atoms with Crippen LogP contribution in [0, 0.1) is 0 Å². The van der Waals surface area contributed by atoms with E-state index in [1.165, 1.54) is 0 Å². The maximum absolute atomic E-state index is 12.2. The lowest BCUT2D eigenvalue weighted by molar-refractivity contribution is 0.123. The SMILES string of the molecule is O=c1cc(-c2ccc(/C=C/c3ccc(Cl)cc3)cc2)sc(N2CCOCC2)c1. The van der Waals surface area contributed by atoms with E-state index in [4.69, 9.17) is 16.3 Å². The molecule has 142 valence electrons. The van der Waals surface area contributed by atoms with Gasteiger partial charge in [-0.3, -0.25) is 4.79 Å². The average molecular weight is 410 g/mol. The summed E-state index contributed by atoms with van der Waals surface area (Å²) in [5, 5.41) is 1.75. The first kappa shape index (κ1) is 18.9. The van der Waals surface area contributed by atoms with Crippen molar-refractivity contribution in [3.8, 4) is 10.4 Å². The summed E-state index contributed by atoms with van der Waals surface area (Å²) in [6.07, 6.45) is 4.13. The maximum atomic E-state index is 12.2. The first-order valence-corrected chi connectivity index (χ1v) is 10.4. The summed E-state index contributed by atoms with van der Waals surface area (Å²) in [6, 6.07) is 19.5. The highest BCUT2D eigenvalue weighted by atomic mass is 35.5. The molecule has 1 fully saturated rings. The molecule has 0 bridgehead atoms. The Bertz CT molecular complexity index is 1020. The molecule has 0 radical (unpaired) electrons. The number of hydrogen-bond acceptors (Lipinski definition) is 4. The molecule has 1 aliphatic heterocycles. The van der Waals surface area contributed by atoms with Crippen molar-refractivity contribution in [3.63, 3.8) is 0 Å². The van der Waals surface area contributed by atoms with Crippen LogP contribution in [0.25, 0.3) is 22.6 Å². The second-order valence-electron chi connectivity index (χ2n) is 6.60. The zero-order valence-electron chi connectivity index (χ0n) is 15.3. The Balaban J connectivity index is 1.54. The number of nitrogens with zero attached hydrogens (tertiary/aromatic N) is 1. The molecule has 3 nitrogen and oxygen atoms in total. The molecule has 0 saturated carbocycles. The quantitative estimate of drug-likeness (QED) is 0.537. The highest BCUT2D eigenvalue weighted by Crippen LogP contribution is 2.30. The van der Waals surface area contributed by atoms with Crippen LogP contribution in [0.1, 0.15) is 11.1 Å². The van der Waals surface area contributed by atoms with Gasteiger partial charge in [-0.2, -0.15) is 0 Å². The summed E-state index contributed by atoms with van der Waals surface area (Å²) in [4.78, 5) is 15.4. The normalized spacial score (nSPS) is 14.5. The predicted octanol–water partition coefficient (Wildman–Crippen LogP) is 5.44. The fourth-order valence-corrected chi connectivity index (χ4v) is 4.34.